The zero-order valence-electron chi connectivity index (χ0n) is 23.3. The van der Waals surface area contributed by atoms with E-state index < -0.39 is 32.9 Å². The predicted molar refractivity (Wildman–Crippen MR) is 151 cm³/mol. The van der Waals surface area contributed by atoms with Crippen molar-refractivity contribution in [2.24, 2.45) is 5.73 Å². The third-order valence-electron chi connectivity index (χ3n) is 7.10. The van der Waals surface area contributed by atoms with E-state index in [0.29, 0.717) is 37.6 Å². The summed E-state index contributed by atoms with van der Waals surface area (Å²) in [5.74, 6) is -3.15. The number of morpholine rings is 1. The molecule has 1 unspecified atom stereocenters. The van der Waals surface area contributed by atoms with E-state index in [2.05, 4.69) is 6.07 Å². The zero-order chi connectivity index (χ0) is 29.9. The van der Waals surface area contributed by atoms with Gasteiger partial charge in [0.05, 0.1) is 66.4 Å². The first kappa shape index (κ1) is 29.6. The van der Waals surface area contributed by atoms with E-state index in [-0.39, 0.29) is 33.2 Å². The first-order chi connectivity index (χ1) is 19.6. The van der Waals surface area contributed by atoms with Gasteiger partial charge in [0.2, 0.25) is 0 Å². The van der Waals surface area contributed by atoms with Crippen LogP contribution in [0.2, 0.25) is 0 Å². The number of nitriles is 1. The highest BCUT2D eigenvalue weighted by Gasteiger charge is 2.44. The van der Waals surface area contributed by atoms with Crippen molar-refractivity contribution in [3.8, 4) is 6.07 Å². The van der Waals surface area contributed by atoms with Crippen molar-refractivity contribution < 1.29 is 32.2 Å². The standard InChI is InChI=1S/C29H32N4O7S/c1-18(2)41(36,37)23-11-10-20(32-12-14-40-15-13-32)16-22(23)33-26(29(35)39-4)25(28(34)38-3)24(21(17-30)27(33)31)19-8-6-5-7-9-19/h5-11,16,18,24H,12-15,31H2,1-4H3. The third kappa shape index (κ3) is 5.38. The van der Waals surface area contributed by atoms with E-state index in [4.69, 9.17) is 19.9 Å². The lowest BCUT2D eigenvalue weighted by atomic mass is 9.81. The molecule has 2 aliphatic rings. The number of carbonyl (C=O) groups excluding carboxylic acids is 2. The average molecular weight is 581 g/mol. The quantitative estimate of drug-likeness (QED) is 0.481. The van der Waals surface area contributed by atoms with Gasteiger partial charge in [0, 0.05) is 18.8 Å². The van der Waals surface area contributed by atoms with Crippen molar-refractivity contribution in [1.82, 2.24) is 0 Å². The maximum absolute atomic E-state index is 13.6. The topological polar surface area (TPSA) is 152 Å². The van der Waals surface area contributed by atoms with E-state index in [0.717, 1.165) is 19.1 Å². The lowest BCUT2D eigenvalue weighted by Gasteiger charge is -2.37. The summed E-state index contributed by atoms with van der Waals surface area (Å²) >= 11 is 0. The van der Waals surface area contributed by atoms with E-state index in [1.165, 1.54) is 19.9 Å². The van der Waals surface area contributed by atoms with Crippen LogP contribution in [0.4, 0.5) is 11.4 Å². The molecule has 0 radical (unpaired) electrons. The molecule has 2 aromatic rings. The molecule has 12 heteroatoms. The Morgan fingerprint density at radius 2 is 1.68 bits per heavy atom. The molecule has 0 bridgehead atoms. The van der Waals surface area contributed by atoms with Gasteiger partial charge in [-0.05, 0) is 37.6 Å². The normalized spacial score (nSPS) is 17.9. The van der Waals surface area contributed by atoms with E-state index in [9.17, 15) is 23.3 Å². The molecule has 0 aliphatic carbocycles. The molecule has 0 amide bonds. The second-order valence-corrected chi connectivity index (χ2v) is 12.2. The largest absolute Gasteiger partial charge is 0.466 e. The summed E-state index contributed by atoms with van der Waals surface area (Å²) in [5, 5.41) is 9.51. The highest BCUT2D eigenvalue weighted by Crippen LogP contribution is 2.45. The van der Waals surface area contributed by atoms with Crippen LogP contribution < -0.4 is 15.5 Å². The van der Waals surface area contributed by atoms with Crippen LogP contribution in [0, 0.1) is 11.3 Å². The average Bonchev–Trinajstić information content (AvgIpc) is 3.00. The van der Waals surface area contributed by atoms with Gasteiger partial charge in [0.25, 0.3) is 0 Å². The van der Waals surface area contributed by atoms with Crippen LogP contribution in [0.15, 0.2) is 76.1 Å². The number of methoxy groups -OCH3 is 2. The molecule has 2 heterocycles. The second kappa shape index (κ2) is 12.0. The first-order valence-corrected chi connectivity index (χ1v) is 14.5. The summed E-state index contributed by atoms with van der Waals surface area (Å²) < 4.78 is 42.9. The molecule has 41 heavy (non-hydrogen) atoms. The van der Waals surface area contributed by atoms with E-state index in [1.54, 1.807) is 42.5 Å². The monoisotopic (exact) mass is 580 g/mol. The summed E-state index contributed by atoms with van der Waals surface area (Å²) in [5.41, 5.74) is 7.20. The molecule has 0 saturated carbocycles. The Morgan fingerprint density at radius 1 is 1.05 bits per heavy atom. The van der Waals surface area contributed by atoms with Gasteiger partial charge in [-0.15, -0.1) is 0 Å². The maximum Gasteiger partial charge on any atom is 0.355 e. The molecule has 4 rings (SSSR count). The number of rotatable bonds is 7. The number of hydrogen-bond donors (Lipinski definition) is 1. The summed E-state index contributed by atoms with van der Waals surface area (Å²) in [7, 11) is -1.67. The van der Waals surface area contributed by atoms with E-state index in [1.807, 2.05) is 4.90 Å². The minimum Gasteiger partial charge on any atom is -0.466 e. The molecular weight excluding hydrogens is 548 g/mol. The number of sulfone groups is 1. The molecule has 2 aliphatic heterocycles. The minimum atomic E-state index is -3.95. The molecule has 216 valence electrons. The maximum atomic E-state index is 13.6. The van der Waals surface area contributed by atoms with Gasteiger partial charge in [-0.1, -0.05) is 30.3 Å². The fraction of sp³-hybridized carbons (Fsp3) is 0.345. The number of allylic oxidation sites excluding steroid dienone is 1. The number of ether oxygens (including phenoxy) is 3. The van der Waals surface area contributed by atoms with Gasteiger partial charge in [-0.2, -0.15) is 5.26 Å². The van der Waals surface area contributed by atoms with Crippen molar-refractivity contribution in [3.63, 3.8) is 0 Å². The molecular formula is C29H32N4O7S. The molecule has 1 fully saturated rings. The van der Waals surface area contributed by atoms with Gasteiger partial charge >= 0.3 is 11.9 Å². The Balaban J connectivity index is 2.12. The SMILES string of the molecule is COC(=O)C1=C(C(=O)OC)N(c2cc(N3CCOCC3)ccc2S(=O)(=O)C(C)C)C(N)=C(C#N)C1c1ccccc1. The molecule has 2 N–H and O–H groups in total. The van der Waals surface area contributed by atoms with Crippen LogP contribution in [0.25, 0.3) is 0 Å². The number of nitrogens with zero attached hydrogens (tertiary/aromatic N) is 3. The molecule has 11 nitrogen and oxygen atoms in total. The van der Waals surface area contributed by atoms with Gasteiger partial charge < -0.3 is 24.8 Å². The number of carbonyl (C=O) groups is 2. The second-order valence-electron chi connectivity index (χ2n) is 9.68. The number of anilines is 2. The first-order valence-electron chi connectivity index (χ1n) is 12.9. The fourth-order valence-corrected chi connectivity index (χ4v) is 6.16. The van der Waals surface area contributed by atoms with Crippen LogP contribution >= 0.6 is 0 Å². The van der Waals surface area contributed by atoms with Crippen molar-refractivity contribution >= 4 is 33.2 Å². The number of hydrogen-bond acceptors (Lipinski definition) is 11. The van der Waals surface area contributed by atoms with Crippen LogP contribution in [0.5, 0.6) is 0 Å². The van der Waals surface area contributed by atoms with Crippen LogP contribution in [-0.4, -0.2) is 66.1 Å². The summed E-state index contributed by atoms with van der Waals surface area (Å²) in [6.07, 6.45) is 0. The highest BCUT2D eigenvalue weighted by molar-refractivity contribution is 7.92. The summed E-state index contributed by atoms with van der Waals surface area (Å²) in [6.45, 7) is 5.12. The smallest absolute Gasteiger partial charge is 0.355 e. The lowest BCUT2D eigenvalue weighted by molar-refractivity contribution is -0.139. The van der Waals surface area contributed by atoms with Gasteiger partial charge in [-0.25, -0.2) is 18.0 Å². The fourth-order valence-electron chi connectivity index (χ4n) is 4.96. The van der Waals surface area contributed by atoms with Crippen LogP contribution in [-0.2, 0) is 33.6 Å². The Kier molecular flexibility index (Phi) is 8.70. The Bertz CT molecular complexity index is 1550. The highest BCUT2D eigenvalue weighted by atomic mass is 32.2. The van der Waals surface area contributed by atoms with Crippen LogP contribution in [0.3, 0.4) is 0 Å². The molecule has 2 aromatic carbocycles. The zero-order valence-corrected chi connectivity index (χ0v) is 24.1. The summed E-state index contributed by atoms with van der Waals surface area (Å²) in [6, 6.07) is 15.4. The number of nitrogens with two attached hydrogens (primary N) is 1. The van der Waals surface area contributed by atoms with Gasteiger partial charge in [-0.3, -0.25) is 4.90 Å². The number of esters is 2. The molecule has 1 atom stereocenters. The molecule has 1 saturated heterocycles. The van der Waals surface area contributed by atoms with Gasteiger partial charge in [0.15, 0.2) is 9.84 Å². The van der Waals surface area contributed by atoms with Crippen molar-refractivity contribution in [1.29, 1.82) is 5.26 Å². The number of benzene rings is 2. The third-order valence-corrected chi connectivity index (χ3v) is 9.30. The van der Waals surface area contributed by atoms with E-state index >= 15 is 0 Å². The Hall–Kier alpha value is -4.34. The van der Waals surface area contributed by atoms with Gasteiger partial charge in [0.1, 0.15) is 11.5 Å². The minimum absolute atomic E-state index is 0.00116. The van der Waals surface area contributed by atoms with Crippen molar-refractivity contribution in [2.45, 2.75) is 29.9 Å². The van der Waals surface area contributed by atoms with Crippen molar-refractivity contribution in [2.75, 3.05) is 50.3 Å². The van der Waals surface area contributed by atoms with Crippen LogP contribution in [0.1, 0.15) is 25.3 Å². The predicted octanol–water partition coefficient (Wildman–Crippen LogP) is 2.60. The lowest BCUT2D eigenvalue weighted by Crippen LogP contribution is -2.41. The summed E-state index contributed by atoms with van der Waals surface area (Å²) in [4.78, 5) is 29.9. The molecule has 0 aromatic heterocycles. The molecule has 0 spiro atoms. The Morgan fingerprint density at radius 3 is 2.24 bits per heavy atom. The van der Waals surface area contributed by atoms with Crippen molar-refractivity contribution in [3.05, 3.63) is 76.8 Å². The Labute approximate surface area is 239 Å².